The first-order chi connectivity index (χ1) is 9.79. The summed E-state index contributed by atoms with van der Waals surface area (Å²) in [6.45, 7) is 0. The van der Waals surface area contributed by atoms with Crippen LogP contribution < -0.4 is 11.2 Å². The minimum atomic E-state index is -4.96. The summed E-state index contributed by atoms with van der Waals surface area (Å²) >= 11 is 1.12. The van der Waals surface area contributed by atoms with Gasteiger partial charge in [-0.1, -0.05) is 0 Å². The summed E-state index contributed by atoms with van der Waals surface area (Å²) in [5, 5.41) is 5.37. The molecule has 0 atom stereocenters. The monoisotopic (exact) mass is 322 g/mol. The smallest absolute Gasteiger partial charge is 0.383 e. The number of nitrogens with one attached hydrogen (secondary N) is 1. The van der Waals surface area contributed by atoms with Crippen molar-refractivity contribution >= 4 is 28.5 Å². The van der Waals surface area contributed by atoms with Crippen LogP contribution in [0.1, 0.15) is 11.1 Å². The van der Waals surface area contributed by atoms with Crippen LogP contribution in [-0.2, 0) is 6.18 Å². The van der Waals surface area contributed by atoms with Crippen molar-refractivity contribution in [2.24, 2.45) is 5.10 Å². The van der Waals surface area contributed by atoms with Crippen LogP contribution in [0, 0.1) is 11.6 Å². The average Bonchev–Trinajstić information content (AvgIpc) is 2.79. The maximum atomic E-state index is 13.5. The van der Waals surface area contributed by atoms with Gasteiger partial charge in [0.05, 0.1) is 11.8 Å². The maximum Gasteiger partial charge on any atom is 0.419 e. The molecule has 0 saturated carbocycles. The van der Waals surface area contributed by atoms with Crippen LogP contribution in [0.25, 0.3) is 0 Å². The number of rotatable bonds is 3. The SMILES string of the molecule is Nc1csc(NN=Cc2ccc(C(F)(F)F)c(F)c2F)n1. The fourth-order valence-electron chi connectivity index (χ4n) is 1.38. The number of halogens is 5. The summed E-state index contributed by atoms with van der Waals surface area (Å²) in [5.41, 5.74) is 5.64. The van der Waals surface area contributed by atoms with Crippen molar-refractivity contribution in [1.82, 2.24) is 4.98 Å². The first-order valence-corrected chi connectivity index (χ1v) is 6.22. The summed E-state index contributed by atoms with van der Waals surface area (Å²) in [5.74, 6) is -3.34. The molecule has 0 fully saturated rings. The van der Waals surface area contributed by atoms with Crippen molar-refractivity contribution in [2.45, 2.75) is 6.18 Å². The second-order valence-electron chi connectivity index (χ2n) is 3.78. The first-order valence-electron chi connectivity index (χ1n) is 5.34. The number of aromatic nitrogens is 1. The average molecular weight is 322 g/mol. The molecular weight excluding hydrogens is 315 g/mol. The molecule has 0 aliphatic rings. The molecule has 0 aliphatic carbocycles. The van der Waals surface area contributed by atoms with Crippen LogP contribution in [-0.4, -0.2) is 11.2 Å². The molecule has 0 bridgehead atoms. The van der Waals surface area contributed by atoms with Gasteiger partial charge in [-0.05, 0) is 12.1 Å². The lowest BCUT2D eigenvalue weighted by atomic mass is 10.1. The second-order valence-corrected chi connectivity index (χ2v) is 4.63. The third kappa shape index (κ3) is 3.45. The van der Waals surface area contributed by atoms with Gasteiger partial charge in [0.25, 0.3) is 0 Å². The van der Waals surface area contributed by atoms with E-state index in [1.54, 1.807) is 0 Å². The molecular formula is C11H7F5N4S. The van der Waals surface area contributed by atoms with Crippen molar-refractivity contribution in [3.63, 3.8) is 0 Å². The van der Waals surface area contributed by atoms with Crippen molar-refractivity contribution in [1.29, 1.82) is 0 Å². The van der Waals surface area contributed by atoms with Crippen LogP contribution in [0.5, 0.6) is 0 Å². The zero-order valence-corrected chi connectivity index (χ0v) is 10.9. The lowest BCUT2D eigenvalue weighted by molar-refractivity contribution is -0.140. The van der Waals surface area contributed by atoms with Gasteiger partial charge in [0.1, 0.15) is 5.82 Å². The molecule has 10 heteroatoms. The molecule has 1 aromatic heterocycles. The second kappa shape index (κ2) is 5.64. The summed E-state index contributed by atoms with van der Waals surface area (Å²) in [7, 11) is 0. The Labute approximate surface area is 119 Å². The minimum absolute atomic E-state index is 0.254. The van der Waals surface area contributed by atoms with Crippen LogP contribution in [0.15, 0.2) is 22.6 Å². The Morgan fingerprint density at radius 2 is 1.95 bits per heavy atom. The Balaban J connectivity index is 2.19. The Morgan fingerprint density at radius 3 is 2.52 bits per heavy atom. The molecule has 2 rings (SSSR count). The van der Waals surface area contributed by atoms with Crippen LogP contribution in [0.2, 0.25) is 0 Å². The van der Waals surface area contributed by atoms with Gasteiger partial charge in [-0.2, -0.15) is 18.3 Å². The van der Waals surface area contributed by atoms with E-state index in [9.17, 15) is 22.0 Å². The molecule has 0 aliphatic heterocycles. The molecule has 0 radical (unpaired) electrons. The molecule has 112 valence electrons. The zero-order chi connectivity index (χ0) is 15.6. The summed E-state index contributed by atoms with van der Waals surface area (Å²) in [6, 6.07) is 1.23. The van der Waals surface area contributed by atoms with Crippen LogP contribution in [0.3, 0.4) is 0 Å². The molecule has 2 aromatic rings. The van der Waals surface area contributed by atoms with Crippen molar-refractivity contribution in [3.8, 4) is 0 Å². The van der Waals surface area contributed by atoms with E-state index in [1.165, 1.54) is 5.38 Å². The predicted octanol–water partition coefficient (Wildman–Crippen LogP) is 3.47. The van der Waals surface area contributed by atoms with E-state index in [1.807, 2.05) is 0 Å². The van der Waals surface area contributed by atoms with E-state index < -0.39 is 28.9 Å². The molecule has 1 heterocycles. The number of nitrogens with zero attached hydrogens (tertiary/aromatic N) is 2. The summed E-state index contributed by atoms with van der Waals surface area (Å²) in [4.78, 5) is 3.78. The Kier molecular flexibility index (Phi) is 4.07. The molecule has 0 saturated heterocycles. The molecule has 3 N–H and O–H groups in total. The third-order valence-corrected chi connectivity index (χ3v) is 3.07. The number of hydrazone groups is 1. The highest BCUT2D eigenvalue weighted by molar-refractivity contribution is 7.14. The predicted molar refractivity (Wildman–Crippen MR) is 69.1 cm³/mol. The quantitative estimate of drug-likeness (QED) is 0.517. The fourth-order valence-corrected chi connectivity index (χ4v) is 1.93. The molecule has 1 aromatic carbocycles. The molecule has 4 nitrogen and oxygen atoms in total. The lowest BCUT2D eigenvalue weighted by Gasteiger charge is -2.09. The normalized spacial score (nSPS) is 12.0. The van der Waals surface area contributed by atoms with E-state index in [2.05, 4.69) is 15.5 Å². The topological polar surface area (TPSA) is 63.3 Å². The van der Waals surface area contributed by atoms with E-state index in [-0.39, 0.29) is 5.82 Å². The fraction of sp³-hybridized carbons (Fsp3) is 0.0909. The Hall–Kier alpha value is -2.23. The van der Waals surface area contributed by atoms with Crippen LogP contribution >= 0.6 is 11.3 Å². The number of nitrogens with two attached hydrogens (primary N) is 1. The van der Waals surface area contributed by atoms with Crippen molar-refractivity contribution in [2.75, 3.05) is 11.2 Å². The highest BCUT2D eigenvalue weighted by Gasteiger charge is 2.35. The lowest BCUT2D eigenvalue weighted by Crippen LogP contribution is -2.11. The molecule has 0 spiro atoms. The largest absolute Gasteiger partial charge is 0.419 e. The number of alkyl halides is 3. The highest BCUT2D eigenvalue weighted by Crippen LogP contribution is 2.32. The van der Waals surface area contributed by atoms with Gasteiger partial charge in [0.15, 0.2) is 11.6 Å². The number of hydrogen-bond donors (Lipinski definition) is 2. The minimum Gasteiger partial charge on any atom is -0.383 e. The van der Waals surface area contributed by atoms with Gasteiger partial charge in [-0.3, -0.25) is 5.43 Å². The van der Waals surface area contributed by atoms with Crippen molar-refractivity contribution in [3.05, 3.63) is 40.3 Å². The van der Waals surface area contributed by atoms with Gasteiger partial charge < -0.3 is 5.73 Å². The van der Waals surface area contributed by atoms with Gasteiger partial charge in [-0.25, -0.2) is 13.8 Å². The van der Waals surface area contributed by atoms with Gasteiger partial charge in [0.2, 0.25) is 5.13 Å². The zero-order valence-electron chi connectivity index (χ0n) is 10.1. The number of thiazole rings is 1. The Bertz CT molecular complexity index is 680. The van der Waals surface area contributed by atoms with E-state index >= 15 is 0 Å². The van der Waals surface area contributed by atoms with Crippen LogP contribution in [0.4, 0.5) is 32.9 Å². The first kappa shape index (κ1) is 15.2. The van der Waals surface area contributed by atoms with E-state index in [0.29, 0.717) is 11.2 Å². The van der Waals surface area contributed by atoms with Gasteiger partial charge >= 0.3 is 6.18 Å². The van der Waals surface area contributed by atoms with E-state index in [4.69, 9.17) is 5.73 Å². The van der Waals surface area contributed by atoms with E-state index in [0.717, 1.165) is 23.6 Å². The molecule has 21 heavy (non-hydrogen) atoms. The maximum absolute atomic E-state index is 13.5. The Morgan fingerprint density at radius 1 is 1.24 bits per heavy atom. The number of hydrogen-bond acceptors (Lipinski definition) is 5. The third-order valence-electron chi connectivity index (χ3n) is 2.30. The number of anilines is 2. The summed E-state index contributed by atoms with van der Waals surface area (Å²) < 4.78 is 63.9. The molecule has 0 amide bonds. The van der Waals surface area contributed by atoms with Gasteiger partial charge in [0, 0.05) is 10.9 Å². The summed E-state index contributed by atoms with van der Waals surface area (Å²) in [6.07, 6.45) is -4.12. The number of benzene rings is 1. The molecule has 0 unspecified atom stereocenters. The number of nitrogen functional groups attached to an aromatic ring is 1. The van der Waals surface area contributed by atoms with Gasteiger partial charge in [-0.15, -0.1) is 11.3 Å². The van der Waals surface area contributed by atoms with Crippen molar-refractivity contribution < 1.29 is 22.0 Å². The highest BCUT2D eigenvalue weighted by atomic mass is 32.1. The standard InChI is InChI=1S/C11H7F5N4S/c12-8-5(1-2-6(9(8)13)11(14,15)16)3-18-20-10-19-7(17)4-21-10/h1-4H,17H2,(H,19,20).